The first kappa shape index (κ1) is 7.37. The number of rotatable bonds is 1. The maximum absolute atomic E-state index is 3.47. The van der Waals surface area contributed by atoms with E-state index in [-0.39, 0.29) is 0 Å². The van der Waals surface area contributed by atoms with E-state index >= 15 is 0 Å². The van der Waals surface area contributed by atoms with E-state index in [4.69, 9.17) is 0 Å². The summed E-state index contributed by atoms with van der Waals surface area (Å²) in [5.41, 5.74) is 0.757. The quantitative estimate of drug-likeness (QED) is 0.625. The Balaban J connectivity index is 1.82. The van der Waals surface area contributed by atoms with Gasteiger partial charge in [-0.3, -0.25) is 0 Å². The van der Waals surface area contributed by atoms with Crippen molar-refractivity contribution < 1.29 is 0 Å². The zero-order chi connectivity index (χ0) is 8.51. The van der Waals surface area contributed by atoms with Crippen molar-refractivity contribution in [2.75, 3.05) is 7.05 Å². The zero-order valence-electron chi connectivity index (χ0n) is 8.30. The molecule has 3 saturated carbocycles. The molecule has 0 aromatic heterocycles. The third-order valence-electron chi connectivity index (χ3n) is 5.20. The molecule has 6 unspecified atom stereocenters. The highest BCUT2D eigenvalue weighted by Crippen LogP contribution is 2.72. The van der Waals surface area contributed by atoms with Gasteiger partial charge in [0.05, 0.1) is 0 Å². The van der Waals surface area contributed by atoms with Gasteiger partial charge in [-0.25, -0.2) is 0 Å². The molecule has 0 spiro atoms. The van der Waals surface area contributed by atoms with Crippen LogP contribution in [0.4, 0.5) is 0 Å². The van der Waals surface area contributed by atoms with Gasteiger partial charge in [0.15, 0.2) is 0 Å². The lowest BCUT2D eigenvalue weighted by Gasteiger charge is -2.24. The fourth-order valence-corrected chi connectivity index (χ4v) is 3.94. The van der Waals surface area contributed by atoms with Crippen molar-refractivity contribution in [2.24, 2.45) is 29.1 Å². The van der Waals surface area contributed by atoms with Crippen LogP contribution in [0.3, 0.4) is 0 Å². The van der Waals surface area contributed by atoms with Crippen molar-refractivity contribution in [1.82, 2.24) is 5.32 Å². The minimum atomic E-state index is 0.757. The summed E-state index contributed by atoms with van der Waals surface area (Å²) in [6.45, 7) is 4.98. The largest absolute Gasteiger partial charge is 0.316 e. The first-order chi connectivity index (χ1) is 5.68. The normalized spacial score (nSPS) is 66.8. The molecule has 0 aromatic rings. The van der Waals surface area contributed by atoms with Crippen molar-refractivity contribution in [1.29, 1.82) is 0 Å². The van der Waals surface area contributed by atoms with Gasteiger partial charge in [-0.2, -0.15) is 0 Å². The molecule has 0 radical (unpaired) electrons. The topological polar surface area (TPSA) is 12.0 Å². The Morgan fingerprint density at radius 3 is 2.83 bits per heavy atom. The van der Waals surface area contributed by atoms with E-state index in [9.17, 15) is 0 Å². The summed E-state index contributed by atoms with van der Waals surface area (Å²) in [5, 5.41) is 3.47. The Bertz CT molecular complexity index is 225. The molecule has 1 nitrogen and oxygen atoms in total. The van der Waals surface area contributed by atoms with Crippen LogP contribution in [0.25, 0.3) is 0 Å². The van der Waals surface area contributed by atoms with E-state index in [2.05, 4.69) is 26.2 Å². The first-order valence-corrected chi connectivity index (χ1v) is 5.36. The highest BCUT2D eigenvalue weighted by Gasteiger charge is 2.68. The van der Waals surface area contributed by atoms with Crippen LogP contribution in [-0.4, -0.2) is 13.1 Å². The second-order valence-corrected chi connectivity index (χ2v) is 5.49. The van der Waals surface area contributed by atoms with E-state index in [0.717, 1.165) is 35.1 Å². The number of fused-ring (bicyclic) bond motifs is 2. The monoisotopic (exact) mass is 165 g/mol. The molecule has 6 atom stereocenters. The molecule has 3 aliphatic carbocycles. The van der Waals surface area contributed by atoms with E-state index in [1.54, 1.807) is 0 Å². The number of hydrogen-bond donors (Lipinski definition) is 1. The van der Waals surface area contributed by atoms with Gasteiger partial charge in [0.2, 0.25) is 0 Å². The summed E-state index contributed by atoms with van der Waals surface area (Å²) >= 11 is 0. The second kappa shape index (κ2) is 1.89. The van der Waals surface area contributed by atoms with Crippen LogP contribution < -0.4 is 5.32 Å². The number of hydrogen-bond acceptors (Lipinski definition) is 1. The maximum Gasteiger partial charge on any atom is 0.0130 e. The third-order valence-corrected chi connectivity index (χ3v) is 5.20. The minimum absolute atomic E-state index is 0.757. The van der Waals surface area contributed by atoms with Gasteiger partial charge < -0.3 is 5.32 Å². The summed E-state index contributed by atoms with van der Waals surface area (Å²) in [4.78, 5) is 0. The average molecular weight is 165 g/mol. The molecule has 0 amide bonds. The lowest BCUT2D eigenvalue weighted by Crippen LogP contribution is -2.20. The molecule has 12 heavy (non-hydrogen) atoms. The molecule has 3 fully saturated rings. The lowest BCUT2D eigenvalue weighted by molar-refractivity contribution is 0.237. The van der Waals surface area contributed by atoms with E-state index < -0.39 is 0 Å². The summed E-state index contributed by atoms with van der Waals surface area (Å²) < 4.78 is 0. The zero-order valence-corrected chi connectivity index (χ0v) is 8.30. The molecular formula is C11H19N. The van der Waals surface area contributed by atoms with Crippen LogP contribution in [0, 0.1) is 29.1 Å². The molecule has 3 aliphatic rings. The molecule has 0 aromatic carbocycles. The predicted molar refractivity (Wildman–Crippen MR) is 49.8 cm³/mol. The Labute approximate surface area is 74.9 Å². The highest BCUT2D eigenvalue weighted by atomic mass is 15.0. The van der Waals surface area contributed by atoms with E-state index in [1.165, 1.54) is 12.8 Å². The Morgan fingerprint density at radius 1 is 1.42 bits per heavy atom. The molecule has 68 valence electrons. The fraction of sp³-hybridized carbons (Fsp3) is 1.00. The van der Waals surface area contributed by atoms with Gasteiger partial charge in [-0.15, -0.1) is 0 Å². The molecule has 0 heterocycles. The molecule has 0 saturated heterocycles. The highest BCUT2D eigenvalue weighted by molar-refractivity contribution is 5.19. The van der Waals surface area contributed by atoms with Crippen molar-refractivity contribution in [3.8, 4) is 0 Å². The van der Waals surface area contributed by atoms with E-state index in [0.29, 0.717) is 0 Å². The SMILES string of the molecule is CNC1C2CC3CC3(C)C(C)C21. The minimum Gasteiger partial charge on any atom is -0.316 e. The van der Waals surface area contributed by atoms with Gasteiger partial charge in [0, 0.05) is 6.04 Å². The van der Waals surface area contributed by atoms with Crippen LogP contribution in [0.15, 0.2) is 0 Å². The Morgan fingerprint density at radius 2 is 2.17 bits per heavy atom. The van der Waals surface area contributed by atoms with E-state index in [1.807, 2.05) is 0 Å². The Hall–Kier alpha value is -0.0400. The second-order valence-electron chi connectivity index (χ2n) is 5.49. The van der Waals surface area contributed by atoms with Gasteiger partial charge in [0.1, 0.15) is 0 Å². The summed E-state index contributed by atoms with van der Waals surface area (Å²) in [5.74, 6) is 4.15. The van der Waals surface area contributed by atoms with Gasteiger partial charge in [0.25, 0.3) is 0 Å². The molecule has 0 bridgehead atoms. The summed E-state index contributed by atoms with van der Waals surface area (Å²) in [6, 6.07) is 0.879. The summed E-state index contributed by atoms with van der Waals surface area (Å²) in [6.07, 6.45) is 3.05. The molecule has 1 heteroatoms. The third kappa shape index (κ3) is 0.654. The van der Waals surface area contributed by atoms with Crippen molar-refractivity contribution >= 4 is 0 Å². The predicted octanol–water partition coefficient (Wildman–Crippen LogP) is 1.89. The lowest BCUT2D eigenvalue weighted by atomic mass is 9.80. The Kier molecular flexibility index (Phi) is 1.16. The van der Waals surface area contributed by atoms with Gasteiger partial charge in [-0.05, 0) is 49.0 Å². The molecular weight excluding hydrogens is 146 g/mol. The molecule has 3 rings (SSSR count). The van der Waals surface area contributed by atoms with Crippen LogP contribution in [-0.2, 0) is 0 Å². The van der Waals surface area contributed by atoms with Crippen molar-refractivity contribution in [3.05, 3.63) is 0 Å². The van der Waals surface area contributed by atoms with Crippen LogP contribution in [0.5, 0.6) is 0 Å². The van der Waals surface area contributed by atoms with Gasteiger partial charge in [-0.1, -0.05) is 13.8 Å². The molecule has 1 N–H and O–H groups in total. The summed E-state index contributed by atoms with van der Waals surface area (Å²) in [7, 11) is 2.13. The first-order valence-electron chi connectivity index (χ1n) is 5.36. The standard InChI is InChI=1S/C11H19N/c1-6-9-8(10(9)12-3)4-7-5-11(6,7)2/h6-10,12H,4-5H2,1-3H3. The van der Waals surface area contributed by atoms with Crippen LogP contribution >= 0.6 is 0 Å². The van der Waals surface area contributed by atoms with Gasteiger partial charge >= 0.3 is 0 Å². The average Bonchev–Trinajstić information content (AvgIpc) is 2.88. The van der Waals surface area contributed by atoms with Crippen LogP contribution in [0.1, 0.15) is 26.7 Å². The fourth-order valence-electron chi connectivity index (χ4n) is 3.94. The van der Waals surface area contributed by atoms with Crippen LogP contribution in [0.2, 0.25) is 0 Å². The molecule has 0 aliphatic heterocycles. The van der Waals surface area contributed by atoms with Crippen molar-refractivity contribution in [3.63, 3.8) is 0 Å². The van der Waals surface area contributed by atoms with Crippen molar-refractivity contribution in [2.45, 2.75) is 32.7 Å². The smallest absolute Gasteiger partial charge is 0.0130 e. The number of nitrogens with one attached hydrogen (secondary N) is 1. The maximum atomic E-state index is 3.47.